The van der Waals surface area contributed by atoms with Crippen LogP contribution in [0.1, 0.15) is 20.8 Å². The molecule has 2 rings (SSSR count). The van der Waals surface area contributed by atoms with E-state index in [-0.39, 0.29) is 11.6 Å². The van der Waals surface area contributed by atoms with Crippen molar-refractivity contribution in [2.45, 2.75) is 32.9 Å². The highest BCUT2D eigenvalue weighted by Crippen LogP contribution is 2.14. The van der Waals surface area contributed by atoms with Crippen molar-refractivity contribution in [3.63, 3.8) is 0 Å². The van der Waals surface area contributed by atoms with Crippen LogP contribution in [0.2, 0.25) is 0 Å². The van der Waals surface area contributed by atoms with E-state index in [1.165, 1.54) is 25.1 Å². The summed E-state index contributed by atoms with van der Waals surface area (Å²) in [5.41, 5.74) is 0.555. The molecular formula is C21H24FN3O4. The summed E-state index contributed by atoms with van der Waals surface area (Å²) in [5, 5.41) is 7.54. The van der Waals surface area contributed by atoms with Gasteiger partial charge in [-0.15, -0.1) is 0 Å². The Labute approximate surface area is 168 Å². The number of esters is 1. The molecule has 0 aliphatic rings. The predicted octanol–water partition coefficient (Wildman–Crippen LogP) is 3.54. The molecule has 3 amide bonds. The van der Waals surface area contributed by atoms with Gasteiger partial charge in [0.1, 0.15) is 11.9 Å². The monoisotopic (exact) mass is 401 g/mol. The van der Waals surface area contributed by atoms with Crippen LogP contribution < -0.4 is 16.0 Å². The molecule has 8 heteroatoms. The van der Waals surface area contributed by atoms with Gasteiger partial charge in [-0.05, 0) is 37.1 Å². The second kappa shape index (κ2) is 10.2. The molecule has 2 aromatic rings. The summed E-state index contributed by atoms with van der Waals surface area (Å²) < 4.78 is 18.8. The number of para-hydroxylation sites is 2. The first kappa shape index (κ1) is 21.9. The Morgan fingerprint density at radius 1 is 0.897 bits per heavy atom. The summed E-state index contributed by atoms with van der Waals surface area (Å²) in [6, 6.07) is 12.9. The topological polar surface area (TPSA) is 96.5 Å². The highest BCUT2D eigenvalue weighted by Gasteiger charge is 2.29. The van der Waals surface area contributed by atoms with Crippen LogP contribution in [0.15, 0.2) is 54.6 Å². The lowest BCUT2D eigenvalue weighted by molar-refractivity contribution is -0.156. The van der Waals surface area contributed by atoms with Gasteiger partial charge in [0.2, 0.25) is 0 Å². The highest BCUT2D eigenvalue weighted by molar-refractivity contribution is 5.96. The fourth-order valence-corrected chi connectivity index (χ4v) is 2.43. The molecule has 7 nitrogen and oxygen atoms in total. The van der Waals surface area contributed by atoms with Gasteiger partial charge in [0.05, 0.1) is 5.69 Å². The Morgan fingerprint density at radius 2 is 1.52 bits per heavy atom. The van der Waals surface area contributed by atoms with Crippen molar-refractivity contribution in [2.24, 2.45) is 5.92 Å². The number of anilines is 2. The van der Waals surface area contributed by atoms with Crippen molar-refractivity contribution in [1.29, 1.82) is 0 Å². The van der Waals surface area contributed by atoms with Crippen LogP contribution >= 0.6 is 0 Å². The Kier molecular flexibility index (Phi) is 7.70. The van der Waals surface area contributed by atoms with Crippen LogP contribution in [0.4, 0.5) is 20.6 Å². The lowest BCUT2D eigenvalue weighted by Gasteiger charge is -2.23. The quantitative estimate of drug-likeness (QED) is 0.618. The Balaban J connectivity index is 1.94. The average molecular weight is 401 g/mol. The molecule has 0 bridgehead atoms. The number of hydrogen-bond acceptors (Lipinski definition) is 4. The molecule has 0 aliphatic heterocycles. The summed E-state index contributed by atoms with van der Waals surface area (Å²) in [7, 11) is 0. The molecule has 0 radical (unpaired) electrons. The van der Waals surface area contributed by atoms with Gasteiger partial charge in [-0.2, -0.15) is 0 Å². The first-order chi connectivity index (χ1) is 13.8. The molecule has 0 saturated carbocycles. The third kappa shape index (κ3) is 6.60. The third-order valence-corrected chi connectivity index (χ3v) is 4.03. The number of ether oxygens (including phenoxy) is 1. The Morgan fingerprint density at radius 3 is 2.14 bits per heavy atom. The Bertz CT molecular complexity index is 858. The lowest BCUT2D eigenvalue weighted by Crippen LogP contribution is -2.48. The van der Waals surface area contributed by atoms with Gasteiger partial charge < -0.3 is 20.7 Å². The second-order valence-electron chi connectivity index (χ2n) is 6.73. The van der Waals surface area contributed by atoms with Crippen molar-refractivity contribution in [1.82, 2.24) is 5.32 Å². The first-order valence-corrected chi connectivity index (χ1v) is 9.16. The molecule has 0 unspecified atom stereocenters. The molecule has 0 aliphatic carbocycles. The molecule has 2 atom stereocenters. The molecule has 0 heterocycles. The zero-order chi connectivity index (χ0) is 21.4. The number of hydrogen-bond donors (Lipinski definition) is 3. The normalized spacial score (nSPS) is 12.6. The van der Waals surface area contributed by atoms with Crippen molar-refractivity contribution in [3.8, 4) is 0 Å². The van der Waals surface area contributed by atoms with E-state index < -0.39 is 35.9 Å². The maximum Gasteiger partial charge on any atom is 0.329 e. The molecule has 0 saturated heterocycles. The summed E-state index contributed by atoms with van der Waals surface area (Å²) in [5.74, 6) is -2.33. The molecule has 29 heavy (non-hydrogen) atoms. The van der Waals surface area contributed by atoms with Crippen LogP contribution in [0.5, 0.6) is 0 Å². The molecule has 0 spiro atoms. The fraction of sp³-hybridized carbons (Fsp3) is 0.286. The van der Waals surface area contributed by atoms with E-state index in [1.54, 1.807) is 44.2 Å². The molecule has 0 aromatic heterocycles. The number of nitrogens with one attached hydrogen (secondary N) is 3. The minimum absolute atomic E-state index is 0.0128. The van der Waals surface area contributed by atoms with Crippen LogP contribution in [-0.4, -0.2) is 30.1 Å². The van der Waals surface area contributed by atoms with E-state index in [9.17, 15) is 18.8 Å². The standard InChI is InChI=1S/C21H24FN3O4/c1-13(2)18(25-21(28)23-15-9-5-4-6-10-15)20(27)29-14(3)19(26)24-17-12-8-7-11-16(17)22/h4-14,18H,1-3H3,(H,24,26)(H2,23,25,28)/t14-,18-/m1/s1. The molecule has 3 N–H and O–H groups in total. The van der Waals surface area contributed by atoms with Crippen molar-refractivity contribution >= 4 is 29.3 Å². The van der Waals surface area contributed by atoms with E-state index in [1.807, 2.05) is 6.07 Å². The average Bonchev–Trinajstić information content (AvgIpc) is 2.68. The van der Waals surface area contributed by atoms with Gasteiger partial charge in [-0.25, -0.2) is 14.0 Å². The van der Waals surface area contributed by atoms with Gasteiger partial charge in [-0.3, -0.25) is 4.79 Å². The lowest BCUT2D eigenvalue weighted by atomic mass is 10.0. The summed E-state index contributed by atoms with van der Waals surface area (Å²) in [6.07, 6.45) is -1.18. The number of halogens is 1. The molecular weight excluding hydrogens is 377 g/mol. The van der Waals surface area contributed by atoms with E-state index >= 15 is 0 Å². The van der Waals surface area contributed by atoms with Crippen molar-refractivity contribution < 1.29 is 23.5 Å². The van der Waals surface area contributed by atoms with E-state index in [2.05, 4.69) is 16.0 Å². The fourth-order valence-electron chi connectivity index (χ4n) is 2.43. The van der Waals surface area contributed by atoms with Gasteiger partial charge in [0.25, 0.3) is 5.91 Å². The Hall–Kier alpha value is -3.42. The number of carbonyl (C=O) groups excluding carboxylic acids is 3. The maximum atomic E-state index is 13.7. The SMILES string of the molecule is CC(C)[C@@H](NC(=O)Nc1ccccc1)C(=O)O[C@H](C)C(=O)Nc1ccccc1F. The van der Waals surface area contributed by atoms with Gasteiger partial charge >= 0.3 is 12.0 Å². The van der Waals surface area contributed by atoms with E-state index in [0.717, 1.165) is 0 Å². The van der Waals surface area contributed by atoms with Crippen LogP contribution in [-0.2, 0) is 14.3 Å². The third-order valence-electron chi connectivity index (χ3n) is 4.03. The predicted molar refractivity (Wildman–Crippen MR) is 108 cm³/mol. The summed E-state index contributed by atoms with van der Waals surface area (Å²) in [6.45, 7) is 4.84. The summed E-state index contributed by atoms with van der Waals surface area (Å²) in [4.78, 5) is 36.9. The largest absolute Gasteiger partial charge is 0.451 e. The molecule has 0 fully saturated rings. The van der Waals surface area contributed by atoms with Gasteiger partial charge in [0.15, 0.2) is 6.10 Å². The maximum absolute atomic E-state index is 13.7. The summed E-state index contributed by atoms with van der Waals surface area (Å²) >= 11 is 0. The number of amides is 3. The zero-order valence-electron chi connectivity index (χ0n) is 16.4. The first-order valence-electron chi connectivity index (χ1n) is 9.16. The van der Waals surface area contributed by atoms with Gasteiger partial charge in [-0.1, -0.05) is 44.2 Å². The van der Waals surface area contributed by atoms with Crippen LogP contribution in [0.3, 0.4) is 0 Å². The van der Waals surface area contributed by atoms with Crippen molar-refractivity contribution in [2.75, 3.05) is 10.6 Å². The number of benzene rings is 2. The molecule has 2 aromatic carbocycles. The van der Waals surface area contributed by atoms with Gasteiger partial charge in [0, 0.05) is 5.69 Å². The number of carbonyl (C=O) groups is 3. The van der Waals surface area contributed by atoms with E-state index in [4.69, 9.17) is 4.74 Å². The van der Waals surface area contributed by atoms with Crippen LogP contribution in [0, 0.1) is 11.7 Å². The smallest absolute Gasteiger partial charge is 0.329 e. The second-order valence-corrected chi connectivity index (χ2v) is 6.73. The number of rotatable bonds is 7. The minimum atomic E-state index is -1.18. The molecule has 154 valence electrons. The van der Waals surface area contributed by atoms with Crippen LogP contribution in [0.25, 0.3) is 0 Å². The van der Waals surface area contributed by atoms with Crippen molar-refractivity contribution in [3.05, 3.63) is 60.4 Å². The van der Waals surface area contributed by atoms with E-state index in [0.29, 0.717) is 5.69 Å². The zero-order valence-corrected chi connectivity index (χ0v) is 16.4. The highest BCUT2D eigenvalue weighted by atomic mass is 19.1. The number of urea groups is 1. The minimum Gasteiger partial charge on any atom is -0.451 e.